The lowest BCUT2D eigenvalue weighted by molar-refractivity contribution is 0.00905. The van der Waals surface area contributed by atoms with Gasteiger partial charge in [-0.15, -0.1) is 12.4 Å². The van der Waals surface area contributed by atoms with Crippen LogP contribution in [0, 0.1) is 11.6 Å². The van der Waals surface area contributed by atoms with Crippen LogP contribution in [-0.4, -0.2) is 42.4 Å². The van der Waals surface area contributed by atoms with Crippen LogP contribution in [0.15, 0.2) is 41.5 Å². The molecule has 0 bridgehead atoms. The van der Waals surface area contributed by atoms with E-state index in [1.807, 2.05) is 0 Å². The summed E-state index contributed by atoms with van der Waals surface area (Å²) in [6.45, 7) is -1.00. The quantitative estimate of drug-likeness (QED) is 0.781. The number of aromatic nitrogens is 1. The van der Waals surface area contributed by atoms with E-state index in [-0.39, 0.29) is 48.6 Å². The minimum absolute atomic E-state index is 0. The van der Waals surface area contributed by atoms with Crippen molar-refractivity contribution in [2.45, 2.75) is 11.2 Å². The van der Waals surface area contributed by atoms with Crippen molar-refractivity contribution in [3.63, 3.8) is 0 Å². The monoisotopic (exact) mass is 428 g/mol. The highest BCUT2D eigenvalue weighted by Gasteiger charge is 2.62. The van der Waals surface area contributed by atoms with E-state index in [0.717, 1.165) is 18.3 Å². The number of halogens is 4. The molecule has 0 radical (unpaired) electrons. The Morgan fingerprint density at radius 2 is 1.97 bits per heavy atom. The summed E-state index contributed by atoms with van der Waals surface area (Å²) in [7, 11) is 0. The average Bonchev–Trinajstić information content (AvgIpc) is 3.01. The Morgan fingerprint density at radius 1 is 1.17 bits per heavy atom. The van der Waals surface area contributed by atoms with Crippen molar-refractivity contribution >= 4 is 30.0 Å². The normalized spacial score (nSPS) is 25.3. The number of fused-ring (bicyclic) bond motifs is 1. The molecule has 2 atom stereocenters. The first-order chi connectivity index (χ1) is 13.3. The largest absolute Gasteiger partial charge is 0.462 e. The van der Waals surface area contributed by atoms with Crippen molar-refractivity contribution in [3.05, 3.63) is 59.4 Å². The van der Waals surface area contributed by atoms with Crippen LogP contribution in [0.5, 0.6) is 0 Å². The SMILES string of the molecule is Cl.NC1=N[C@@]2(c3cc(NC(=O)c4ccc(F)cn4)ccc3F)COC[C@@]2(F)CO1. The molecule has 1 saturated heterocycles. The molecule has 7 nitrogen and oxygen atoms in total. The van der Waals surface area contributed by atoms with E-state index in [9.17, 15) is 13.6 Å². The Balaban J connectivity index is 0.00000240. The summed E-state index contributed by atoms with van der Waals surface area (Å²) in [4.78, 5) is 20.0. The molecule has 3 N–H and O–H groups in total. The highest BCUT2D eigenvalue weighted by Crippen LogP contribution is 2.48. The second-order valence-corrected chi connectivity index (χ2v) is 6.57. The zero-order valence-electron chi connectivity index (χ0n) is 14.8. The van der Waals surface area contributed by atoms with Gasteiger partial charge >= 0.3 is 0 Å². The summed E-state index contributed by atoms with van der Waals surface area (Å²) in [5.74, 6) is -1.96. The first-order valence-corrected chi connectivity index (χ1v) is 8.31. The molecule has 0 unspecified atom stereocenters. The van der Waals surface area contributed by atoms with E-state index in [2.05, 4.69) is 15.3 Å². The van der Waals surface area contributed by atoms with Crippen molar-refractivity contribution in [1.82, 2.24) is 4.98 Å². The van der Waals surface area contributed by atoms with E-state index in [1.54, 1.807) is 0 Å². The van der Waals surface area contributed by atoms with Gasteiger partial charge in [0.25, 0.3) is 11.9 Å². The Kier molecular flexibility index (Phi) is 5.42. The fourth-order valence-electron chi connectivity index (χ4n) is 3.32. The minimum Gasteiger partial charge on any atom is -0.462 e. The molecular formula is C18H16ClF3N4O3. The molecule has 4 rings (SSSR count). The van der Waals surface area contributed by atoms with Crippen LogP contribution < -0.4 is 11.1 Å². The van der Waals surface area contributed by atoms with Crippen molar-refractivity contribution in [3.8, 4) is 0 Å². The summed E-state index contributed by atoms with van der Waals surface area (Å²) >= 11 is 0. The third kappa shape index (κ3) is 3.49. The molecule has 2 aliphatic heterocycles. The fraction of sp³-hybridized carbons (Fsp3) is 0.278. The maximum absolute atomic E-state index is 15.4. The molecule has 3 heterocycles. The van der Waals surface area contributed by atoms with E-state index in [1.165, 1.54) is 18.2 Å². The van der Waals surface area contributed by atoms with Gasteiger partial charge in [0.2, 0.25) is 0 Å². The maximum atomic E-state index is 15.4. The number of amidine groups is 1. The number of carbonyl (C=O) groups is 1. The molecule has 0 spiro atoms. The molecule has 11 heteroatoms. The van der Waals surface area contributed by atoms with Crippen LogP contribution in [0.25, 0.3) is 0 Å². The number of hydrogen-bond donors (Lipinski definition) is 2. The molecule has 1 amide bonds. The van der Waals surface area contributed by atoms with Crippen LogP contribution >= 0.6 is 12.4 Å². The molecule has 0 saturated carbocycles. The van der Waals surface area contributed by atoms with E-state index >= 15 is 4.39 Å². The number of pyridine rings is 1. The summed E-state index contributed by atoms with van der Waals surface area (Å²) in [5, 5.41) is 2.52. The number of alkyl halides is 1. The summed E-state index contributed by atoms with van der Waals surface area (Å²) in [6.07, 6.45) is 0.900. The number of anilines is 1. The zero-order valence-corrected chi connectivity index (χ0v) is 15.6. The van der Waals surface area contributed by atoms with Gasteiger partial charge in [0.1, 0.15) is 23.9 Å². The van der Waals surface area contributed by atoms with Gasteiger partial charge in [-0.1, -0.05) is 0 Å². The highest BCUT2D eigenvalue weighted by atomic mass is 35.5. The van der Waals surface area contributed by atoms with Crippen LogP contribution in [-0.2, 0) is 15.0 Å². The number of rotatable bonds is 3. The number of benzene rings is 1. The number of nitrogens with two attached hydrogens (primary N) is 1. The van der Waals surface area contributed by atoms with Crippen LogP contribution in [0.2, 0.25) is 0 Å². The first kappa shape index (κ1) is 20.9. The van der Waals surface area contributed by atoms with Gasteiger partial charge in [-0.3, -0.25) is 4.79 Å². The number of nitrogens with one attached hydrogen (secondary N) is 1. The number of hydrogen-bond acceptors (Lipinski definition) is 6. The predicted octanol–water partition coefficient (Wildman–Crippen LogP) is 2.31. The fourth-order valence-corrected chi connectivity index (χ4v) is 3.32. The lowest BCUT2D eigenvalue weighted by Gasteiger charge is -2.38. The molecule has 0 aliphatic carbocycles. The summed E-state index contributed by atoms with van der Waals surface area (Å²) in [5.41, 5.74) is 1.78. The second-order valence-electron chi connectivity index (χ2n) is 6.57. The minimum atomic E-state index is -2.11. The van der Waals surface area contributed by atoms with Gasteiger partial charge in [0.05, 0.1) is 19.4 Å². The molecule has 2 aliphatic rings. The highest BCUT2D eigenvalue weighted by molar-refractivity contribution is 6.02. The predicted molar refractivity (Wildman–Crippen MR) is 99.7 cm³/mol. The van der Waals surface area contributed by atoms with Crippen molar-refractivity contribution in [1.29, 1.82) is 0 Å². The zero-order chi connectivity index (χ0) is 19.9. The molecule has 1 aromatic carbocycles. The van der Waals surface area contributed by atoms with Crippen molar-refractivity contribution in [2.75, 3.05) is 25.1 Å². The van der Waals surface area contributed by atoms with Gasteiger partial charge in [-0.05, 0) is 30.3 Å². The Morgan fingerprint density at radius 3 is 2.69 bits per heavy atom. The van der Waals surface area contributed by atoms with Gasteiger partial charge in [-0.25, -0.2) is 23.1 Å². The number of nitrogens with zero attached hydrogens (tertiary/aromatic N) is 2. The van der Waals surface area contributed by atoms with E-state index in [0.29, 0.717) is 0 Å². The lowest BCUT2D eigenvalue weighted by Crippen LogP contribution is -2.55. The van der Waals surface area contributed by atoms with E-state index < -0.39 is 35.4 Å². The Labute approximate surface area is 169 Å². The summed E-state index contributed by atoms with van der Waals surface area (Å²) in [6, 6.07) is 5.67. The first-order valence-electron chi connectivity index (χ1n) is 8.31. The van der Waals surface area contributed by atoms with Gasteiger partial charge in [-0.2, -0.15) is 0 Å². The second kappa shape index (κ2) is 7.53. The van der Waals surface area contributed by atoms with Crippen LogP contribution in [0.1, 0.15) is 16.1 Å². The maximum Gasteiger partial charge on any atom is 0.283 e. The standard InChI is InChI=1S/C18H15F3N4O3.ClH/c19-10-1-4-14(23-6-10)15(26)24-11-2-3-13(20)12(5-11)18-9-27-7-17(18,21)8-28-16(22)25-18;/h1-6H,7-9H2,(H2,22,25)(H,24,26);1H/t17-,18-;/m1./s1. The van der Waals surface area contributed by atoms with Crippen LogP contribution in [0.4, 0.5) is 18.9 Å². The average molecular weight is 429 g/mol. The number of carbonyl (C=O) groups excluding carboxylic acids is 1. The molecule has 1 aromatic heterocycles. The molecule has 2 aromatic rings. The Bertz CT molecular complexity index is 975. The lowest BCUT2D eigenvalue weighted by atomic mass is 9.78. The topological polar surface area (TPSA) is 98.8 Å². The van der Waals surface area contributed by atoms with Crippen molar-refractivity contribution < 1.29 is 27.4 Å². The van der Waals surface area contributed by atoms with Crippen LogP contribution in [0.3, 0.4) is 0 Å². The van der Waals surface area contributed by atoms with E-state index in [4.69, 9.17) is 15.2 Å². The number of ether oxygens (including phenoxy) is 2. The number of aliphatic imine (C=N–C) groups is 1. The smallest absolute Gasteiger partial charge is 0.283 e. The van der Waals surface area contributed by atoms with Gasteiger partial charge < -0.3 is 20.5 Å². The van der Waals surface area contributed by atoms with Gasteiger partial charge in [0, 0.05) is 11.3 Å². The van der Waals surface area contributed by atoms with Crippen molar-refractivity contribution in [2.24, 2.45) is 10.7 Å². The third-order valence-electron chi connectivity index (χ3n) is 4.76. The molecule has 1 fully saturated rings. The summed E-state index contributed by atoms with van der Waals surface area (Å²) < 4.78 is 53.3. The van der Waals surface area contributed by atoms with Gasteiger partial charge in [0.15, 0.2) is 11.2 Å². The molecule has 154 valence electrons. The molecule has 29 heavy (non-hydrogen) atoms. The molecular weight excluding hydrogens is 413 g/mol. The Hall–Kier alpha value is -2.85. The number of amides is 1. The third-order valence-corrected chi connectivity index (χ3v) is 4.76.